The van der Waals surface area contributed by atoms with Gasteiger partial charge in [-0.3, -0.25) is 0 Å². The van der Waals surface area contributed by atoms with Gasteiger partial charge in [-0.05, 0) is 25.0 Å². The summed E-state index contributed by atoms with van der Waals surface area (Å²) in [7, 11) is 0. The van der Waals surface area contributed by atoms with Crippen LogP contribution in [-0.2, 0) is 0 Å². The van der Waals surface area contributed by atoms with Crippen molar-refractivity contribution in [1.29, 1.82) is 0 Å². The number of likely N-dealkylation sites (tertiary alicyclic amines) is 1. The lowest BCUT2D eigenvalue weighted by Gasteiger charge is -2.31. The number of nitrogens with zero attached hydrogens (tertiary/aromatic N) is 5. The van der Waals surface area contributed by atoms with E-state index in [2.05, 4.69) is 25.5 Å². The molecule has 0 bridgehead atoms. The Hall–Kier alpha value is -2.48. The normalized spacial score (nSPS) is 17.8. The molecule has 1 fully saturated rings. The largest absolute Gasteiger partial charge is 0.465 e. The molecule has 9 heteroatoms. The van der Waals surface area contributed by atoms with Crippen molar-refractivity contribution >= 4 is 23.6 Å². The maximum Gasteiger partial charge on any atom is 0.407 e. The number of halogens is 1. The minimum absolute atomic E-state index is 0.0128. The molecule has 0 saturated carbocycles. The first-order valence-electron chi connectivity index (χ1n) is 7.18. The van der Waals surface area contributed by atoms with Gasteiger partial charge in [0.25, 0.3) is 0 Å². The Morgan fingerprint density at radius 3 is 3.04 bits per heavy atom. The number of anilines is 1. The van der Waals surface area contributed by atoms with Gasteiger partial charge in [0, 0.05) is 30.9 Å². The number of nitrogens with one attached hydrogen (secondary N) is 1. The average Bonchev–Trinajstić information content (AvgIpc) is 2.56. The van der Waals surface area contributed by atoms with Crippen LogP contribution in [0.15, 0.2) is 24.5 Å². The van der Waals surface area contributed by atoms with Crippen molar-refractivity contribution in [2.24, 2.45) is 0 Å². The quantitative estimate of drug-likeness (QED) is 0.886. The summed E-state index contributed by atoms with van der Waals surface area (Å²) in [4.78, 5) is 21.1. The van der Waals surface area contributed by atoms with Crippen LogP contribution >= 0.6 is 11.6 Å². The molecule has 1 amide bonds. The first kappa shape index (κ1) is 15.4. The second kappa shape index (κ2) is 6.74. The third-order valence-corrected chi connectivity index (χ3v) is 3.91. The first-order valence-corrected chi connectivity index (χ1v) is 7.56. The molecule has 1 saturated heterocycles. The zero-order valence-electron chi connectivity index (χ0n) is 12.2. The highest BCUT2D eigenvalue weighted by Crippen LogP contribution is 2.24. The minimum atomic E-state index is -0.902. The maximum atomic E-state index is 11.1. The Morgan fingerprint density at radius 2 is 2.26 bits per heavy atom. The number of carbonyl (C=O) groups is 1. The SMILES string of the molecule is O=C(O)N1CCC[C@H](Nc2nccc(-c3ccnnc3Cl)n2)C1. The minimum Gasteiger partial charge on any atom is -0.465 e. The molecule has 0 radical (unpaired) electrons. The maximum absolute atomic E-state index is 11.1. The lowest BCUT2D eigenvalue weighted by atomic mass is 10.1. The Balaban J connectivity index is 1.76. The van der Waals surface area contributed by atoms with Crippen molar-refractivity contribution in [2.45, 2.75) is 18.9 Å². The molecule has 120 valence electrons. The smallest absolute Gasteiger partial charge is 0.407 e. The second-order valence-electron chi connectivity index (χ2n) is 5.21. The van der Waals surface area contributed by atoms with Crippen LogP contribution < -0.4 is 5.32 Å². The summed E-state index contributed by atoms with van der Waals surface area (Å²) in [6.45, 7) is 0.979. The van der Waals surface area contributed by atoms with E-state index in [1.54, 1.807) is 24.5 Å². The number of hydrogen-bond donors (Lipinski definition) is 2. The van der Waals surface area contributed by atoms with E-state index in [9.17, 15) is 4.79 Å². The van der Waals surface area contributed by atoms with Gasteiger partial charge in [-0.1, -0.05) is 11.6 Å². The highest BCUT2D eigenvalue weighted by Gasteiger charge is 2.23. The van der Waals surface area contributed by atoms with Crippen LogP contribution in [0.3, 0.4) is 0 Å². The van der Waals surface area contributed by atoms with Crippen molar-refractivity contribution in [3.63, 3.8) is 0 Å². The molecule has 2 aromatic heterocycles. The molecular weight excluding hydrogens is 320 g/mol. The van der Waals surface area contributed by atoms with Crippen molar-refractivity contribution in [3.05, 3.63) is 29.7 Å². The molecule has 1 aliphatic heterocycles. The molecule has 2 aromatic rings. The lowest BCUT2D eigenvalue weighted by Crippen LogP contribution is -2.44. The van der Waals surface area contributed by atoms with Gasteiger partial charge in [0.2, 0.25) is 5.95 Å². The van der Waals surface area contributed by atoms with Gasteiger partial charge >= 0.3 is 6.09 Å². The summed E-state index contributed by atoms with van der Waals surface area (Å²) in [6.07, 6.45) is 3.95. The van der Waals surface area contributed by atoms with Gasteiger partial charge in [0.1, 0.15) is 0 Å². The standard InChI is InChI=1S/C14H15ClN6O2/c15-12-10(3-6-17-20-12)11-4-5-16-13(19-11)18-9-2-1-7-21(8-9)14(22)23/h3-6,9H,1-2,7-8H2,(H,22,23)(H,16,18,19)/t9-/m0/s1. The van der Waals surface area contributed by atoms with Crippen LogP contribution in [0.25, 0.3) is 11.3 Å². The van der Waals surface area contributed by atoms with E-state index in [0.717, 1.165) is 12.8 Å². The Labute approximate surface area is 137 Å². The van der Waals surface area contributed by atoms with Gasteiger partial charge in [0.05, 0.1) is 11.9 Å². The number of amides is 1. The van der Waals surface area contributed by atoms with Crippen molar-refractivity contribution < 1.29 is 9.90 Å². The number of hydrogen-bond acceptors (Lipinski definition) is 6. The molecule has 0 unspecified atom stereocenters. The summed E-state index contributed by atoms with van der Waals surface area (Å²) in [5.41, 5.74) is 1.30. The molecule has 2 N–H and O–H groups in total. The van der Waals surface area contributed by atoms with Crippen molar-refractivity contribution in [3.8, 4) is 11.3 Å². The molecule has 1 atom stereocenters. The third kappa shape index (κ3) is 3.65. The van der Waals surface area contributed by atoms with E-state index in [1.807, 2.05) is 0 Å². The molecule has 8 nitrogen and oxygen atoms in total. The Kier molecular flexibility index (Phi) is 4.52. The van der Waals surface area contributed by atoms with Crippen LogP contribution in [0.1, 0.15) is 12.8 Å². The van der Waals surface area contributed by atoms with E-state index in [-0.39, 0.29) is 11.2 Å². The van der Waals surface area contributed by atoms with Crippen molar-refractivity contribution in [2.75, 3.05) is 18.4 Å². The summed E-state index contributed by atoms with van der Waals surface area (Å²) in [6, 6.07) is 3.45. The van der Waals surface area contributed by atoms with Crippen LogP contribution in [0.4, 0.5) is 10.7 Å². The number of carboxylic acid groups (broad SMARTS) is 1. The fraction of sp³-hybridized carbons (Fsp3) is 0.357. The number of aromatic nitrogens is 4. The van der Waals surface area contributed by atoms with Gasteiger partial charge < -0.3 is 15.3 Å². The topological polar surface area (TPSA) is 104 Å². The third-order valence-electron chi connectivity index (χ3n) is 3.63. The average molecular weight is 335 g/mol. The molecular formula is C14H15ClN6O2. The fourth-order valence-electron chi connectivity index (χ4n) is 2.54. The van der Waals surface area contributed by atoms with Gasteiger partial charge in [0.15, 0.2) is 5.15 Å². The Morgan fingerprint density at radius 1 is 1.39 bits per heavy atom. The predicted octanol–water partition coefficient (Wildman–Crippen LogP) is 2.14. The molecule has 3 heterocycles. The summed E-state index contributed by atoms with van der Waals surface area (Å²) in [5, 5.41) is 20.0. The molecule has 1 aliphatic rings. The van der Waals surface area contributed by atoms with E-state index < -0.39 is 6.09 Å². The highest BCUT2D eigenvalue weighted by molar-refractivity contribution is 6.31. The Bertz CT molecular complexity index is 713. The van der Waals surface area contributed by atoms with Crippen LogP contribution in [0.2, 0.25) is 5.15 Å². The summed E-state index contributed by atoms with van der Waals surface area (Å²) >= 11 is 6.03. The van der Waals surface area contributed by atoms with E-state index in [4.69, 9.17) is 16.7 Å². The van der Waals surface area contributed by atoms with E-state index in [0.29, 0.717) is 30.3 Å². The molecule has 3 rings (SSSR count). The van der Waals surface area contributed by atoms with Crippen LogP contribution in [0, 0.1) is 0 Å². The molecule has 23 heavy (non-hydrogen) atoms. The number of rotatable bonds is 3. The van der Waals surface area contributed by atoms with Gasteiger partial charge in [-0.15, -0.1) is 5.10 Å². The second-order valence-corrected chi connectivity index (χ2v) is 5.57. The van der Waals surface area contributed by atoms with E-state index >= 15 is 0 Å². The molecule has 0 aliphatic carbocycles. The van der Waals surface area contributed by atoms with E-state index in [1.165, 1.54) is 4.90 Å². The number of piperidine rings is 1. The summed E-state index contributed by atoms with van der Waals surface area (Å²) < 4.78 is 0. The van der Waals surface area contributed by atoms with Crippen LogP contribution in [0.5, 0.6) is 0 Å². The highest BCUT2D eigenvalue weighted by atomic mass is 35.5. The monoisotopic (exact) mass is 334 g/mol. The van der Waals surface area contributed by atoms with Gasteiger partial charge in [-0.2, -0.15) is 5.10 Å². The lowest BCUT2D eigenvalue weighted by molar-refractivity contribution is 0.132. The van der Waals surface area contributed by atoms with Gasteiger partial charge in [-0.25, -0.2) is 14.8 Å². The van der Waals surface area contributed by atoms with Crippen LogP contribution in [-0.4, -0.2) is 55.4 Å². The zero-order valence-corrected chi connectivity index (χ0v) is 12.9. The predicted molar refractivity (Wildman–Crippen MR) is 84.3 cm³/mol. The zero-order chi connectivity index (χ0) is 16.2. The molecule has 0 aromatic carbocycles. The molecule has 0 spiro atoms. The van der Waals surface area contributed by atoms with Crippen molar-refractivity contribution in [1.82, 2.24) is 25.1 Å². The fourth-order valence-corrected chi connectivity index (χ4v) is 2.74. The first-order chi connectivity index (χ1) is 11.1. The summed E-state index contributed by atoms with van der Waals surface area (Å²) in [5.74, 6) is 0.438.